The van der Waals surface area contributed by atoms with Gasteiger partial charge in [-0.3, -0.25) is 0 Å². The molecule has 0 spiro atoms. The van der Waals surface area contributed by atoms with E-state index in [2.05, 4.69) is 57.9 Å². The van der Waals surface area contributed by atoms with E-state index in [9.17, 15) is 0 Å². The van der Waals surface area contributed by atoms with E-state index in [0.29, 0.717) is 6.04 Å². The average molecular weight is 190 g/mol. The zero-order valence-electron chi connectivity index (χ0n) is 9.40. The summed E-state index contributed by atoms with van der Waals surface area (Å²) < 4.78 is 0.952. The van der Waals surface area contributed by atoms with Crippen molar-refractivity contribution in [3.05, 3.63) is 48.6 Å². The van der Waals surface area contributed by atoms with Crippen LogP contribution in [0.15, 0.2) is 43.0 Å². The Labute approximate surface area is 87.3 Å². The first-order valence-corrected chi connectivity index (χ1v) is 5.05. The monoisotopic (exact) mass is 190 g/mol. The molecule has 0 saturated carbocycles. The molecule has 0 aliphatic rings. The van der Waals surface area contributed by atoms with Crippen molar-refractivity contribution in [3.63, 3.8) is 0 Å². The molecule has 0 bridgehead atoms. The van der Waals surface area contributed by atoms with E-state index in [4.69, 9.17) is 0 Å². The summed E-state index contributed by atoms with van der Waals surface area (Å²) in [5, 5.41) is 0. The predicted molar refractivity (Wildman–Crippen MR) is 61.9 cm³/mol. The number of hydrogen-bond acceptors (Lipinski definition) is 0. The second kappa shape index (κ2) is 4.43. The van der Waals surface area contributed by atoms with E-state index in [0.717, 1.165) is 11.0 Å². The third kappa shape index (κ3) is 2.71. The summed E-state index contributed by atoms with van der Waals surface area (Å²) in [5.41, 5.74) is 1.38. The van der Waals surface area contributed by atoms with E-state index in [-0.39, 0.29) is 0 Å². The highest BCUT2D eigenvalue weighted by Gasteiger charge is 2.21. The lowest BCUT2D eigenvalue weighted by molar-refractivity contribution is -0.919. The molecule has 0 N–H and O–H groups in total. The summed E-state index contributed by atoms with van der Waals surface area (Å²) >= 11 is 0. The van der Waals surface area contributed by atoms with E-state index in [1.54, 1.807) is 0 Å². The molecule has 0 fully saturated rings. The SMILES string of the molecule is C=CC(C)[N+](C)(C)Cc1ccccc1. The van der Waals surface area contributed by atoms with Crippen molar-refractivity contribution in [3.8, 4) is 0 Å². The minimum Gasteiger partial charge on any atom is -0.319 e. The molecule has 0 aliphatic carbocycles. The molecule has 1 nitrogen and oxygen atoms in total. The van der Waals surface area contributed by atoms with Gasteiger partial charge in [-0.1, -0.05) is 36.9 Å². The fourth-order valence-corrected chi connectivity index (χ4v) is 1.48. The largest absolute Gasteiger partial charge is 0.319 e. The van der Waals surface area contributed by atoms with Gasteiger partial charge >= 0.3 is 0 Å². The molecule has 76 valence electrons. The van der Waals surface area contributed by atoms with Crippen LogP contribution in [0.3, 0.4) is 0 Å². The smallest absolute Gasteiger partial charge is 0.104 e. The maximum absolute atomic E-state index is 3.85. The molecule has 1 aromatic rings. The Morgan fingerprint density at radius 3 is 2.36 bits per heavy atom. The van der Waals surface area contributed by atoms with Gasteiger partial charge in [-0.25, -0.2) is 0 Å². The Morgan fingerprint density at radius 2 is 1.86 bits per heavy atom. The molecule has 1 heteroatoms. The molecule has 0 aromatic heterocycles. The first-order valence-electron chi connectivity index (χ1n) is 5.05. The van der Waals surface area contributed by atoms with Crippen molar-refractivity contribution in [2.75, 3.05) is 14.1 Å². The molecule has 0 aliphatic heterocycles. The zero-order chi connectivity index (χ0) is 10.6. The maximum atomic E-state index is 3.85. The molecule has 1 rings (SSSR count). The first-order chi connectivity index (χ1) is 6.56. The highest BCUT2D eigenvalue weighted by Crippen LogP contribution is 2.13. The number of benzene rings is 1. The summed E-state index contributed by atoms with van der Waals surface area (Å²) in [6.07, 6.45) is 2.02. The number of likely N-dealkylation sites (N-methyl/N-ethyl adjacent to an activating group) is 1. The van der Waals surface area contributed by atoms with Gasteiger partial charge < -0.3 is 4.48 Å². The van der Waals surface area contributed by atoms with Crippen molar-refractivity contribution in [1.29, 1.82) is 0 Å². The highest BCUT2D eigenvalue weighted by atomic mass is 15.3. The van der Waals surface area contributed by atoms with Crippen molar-refractivity contribution in [1.82, 2.24) is 0 Å². The Morgan fingerprint density at radius 1 is 1.29 bits per heavy atom. The standard InChI is InChI=1S/C13H20N/c1-5-12(2)14(3,4)11-13-9-7-6-8-10-13/h5-10,12H,1,11H2,2-4H3/q+1. The normalized spacial score (nSPS) is 13.6. The molecule has 1 atom stereocenters. The maximum Gasteiger partial charge on any atom is 0.104 e. The fourth-order valence-electron chi connectivity index (χ4n) is 1.48. The molecule has 1 unspecified atom stereocenters. The van der Waals surface area contributed by atoms with E-state index in [1.165, 1.54) is 5.56 Å². The molecule has 0 saturated heterocycles. The van der Waals surface area contributed by atoms with Gasteiger partial charge in [0.15, 0.2) is 0 Å². The van der Waals surface area contributed by atoms with Gasteiger partial charge in [-0.15, -0.1) is 0 Å². The van der Waals surface area contributed by atoms with Crippen LogP contribution < -0.4 is 0 Å². The molecular weight excluding hydrogens is 170 g/mol. The third-order valence-corrected chi connectivity index (χ3v) is 2.88. The van der Waals surface area contributed by atoms with E-state index >= 15 is 0 Å². The summed E-state index contributed by atoms with van der Waals surface area (Å²) in [4.78, 5) is 0. The van der Waals surface area contributed by atoms with Crippen LogP contribution in [0.5, 0.6) is 0 Å². The van der Waals surface area contributed by atoms with Crippen LogP contribution in [-0.4, -0.2) is 24.6 Å². The second-order valence-corrected chi connectivity index (χ2v) is 4.40. The molecule has 0 radical (unpaired) electrons. The lowest BCUT2D eigenvalue weighted by Gasteiger charge is -2.34. The van der Waals surface area contributed by atoms with Gasteiger partial charge in [-0.2, -0.15) is 0 Å². The van der Waals surface area contributed by atoms with Crippen LogP contribution in [0.1, 0.15) is 12.5 Å². The van der Waals surface area contributed by atoms with Crippen molar-refractivity contribution in [2.45, 2.75) is 19.5 Å². The summed E-state index contributed by atoms with van der Waals surface area (Å²) in [5.74, 6) is 0. The lowest BCUT2D eigenvalue weighted by Crippen LogP contribution is -2.45. The quantitative estimate of drug-likeness (QED) is 0.506. The van der Waals surface area contributed by atoms with Crippen LogP contribution in [0.25, 0.3) is 0 Å². The number of hydrogen-bond donors (Lipinski definition) is 0. The molecule has 0 amide bonds. The Bertz CT molecular complexity index is 287. The van der Waals surface area contributed by atoms with Crippen LogP contribution >= 0.6 is 0 Å². The topological polar surface area (TPSA) is 0 Å². The van der Waals surface area contributed by atoms with Gasteiger partial charge in [0, 0.05) is 5.56 Å². The minimum absolute atomic E-state index is 0.482. The van der Waals surface area contributed by atoms with Gasteiger partial charge in [0.2, 0.25) is 0 Å². The zero-order valence-corrected chi connectivity index (χ0v) is 9.40. The van der Waals surface area contributed by atoms with E-state index in [1.807, 2.05) is 6.08 Å². The molecule has 14 heavy (non-hydrogen) atoms. The van der Waals surface area contributed by atoms with Gasteiger partial charge in [-0.05, 0) is 13.0 Å². The van der Waals surface area contributed by atoms with Crippen molar-refractivity contribution >= 4 is 0 Å². The van der Waals surface area contributed by atoms with Crippen LogP contribution in [0.4, 0.5) is 0 Å². The first kappa shape index (κ1) is 11.0. The van der Waals surface area contributed by atoms with E-state index < -0.39 is 0 Å². The van der Waals surface area contributed by atoms with Gasteiger partial charge in [0.05, 0.1) is 14.1 Å². The Hall–Kier alpha value is -1.08. The summed E-state index contributed by atoms with van der Waals surface area (Å²) in [6.45, 7) is 7.11. The van der Waals surface area contributed by atoms with Crippen LogP contribution in [-0.2, 0) is 6.54 Å². The Balaban J connectivity index is 2.73. The van der Waals surface area contributed by atoms with Crippen molar-refractivity contribution < 1.29 is 4.48 Å². The number of rotatable bonds is 4. The lowest BCUT2D eigenvalue weighted by atomic mass is 10.1. The molecule has 0 heterocycles. The van der Waals surface area contributed by atoms with Crippen LogP contribution in [0, 0.1) is 0 Å². The second-order valence-electron chi connectivity index (χ2n) is 4.40. The average Bonchev–Trinajstić information content (AvgIpc) is 2.17. The van der Waals surface area contributed by atoms with Crippen molar-refractivity contribution in [2.24, 2.45) is 0 Å². The fraction of sp³-hybridized carbons (Fsp3) is 0.385. The predicted octanol–water partition coefficient (Wildman–Crippen LogP) is 2.84. The number of quaternary nitrogens is 1. The third-order valence-electron chi connectivity index (χ3n) is 2.88. The molecule has 1 aromatic carbocycles. The van der Waals surface area contributed by atoms with Gasteiger partial charge in [0.25, 0.3) is 0 Å². The number of nitrogens with zero attached hydrogens (tertiary/aromatic N) is 1. The highest BCUT2D eigenvalue weighted by molar-refractivity contribution is 5.13. The Kier molecular flexibility index (Phi) is 3.48. The summed E-state index contributed by atoms with van der Waals surface area (Å²) in [7, 11) is 4.47. The minimum atomic E-state index is 0.482. The van der Waals surface area contributed by atoms with Gasteiger partial charge in [0.1, 0.15) is 12.6 Å². The molecular formula is C13H20N+. The summed E-state index contributed by atoms with van der Waals surface area (Å²) in [6, 6.07) is 11.1. The van der Waals surface area contributed by atoms with Crippen LogP contribution in [0.2, 0.25) is 0 Å².